The summed E-state index contributed by atoms with van der Waals surface area (Å²) in [6, 6.07) is 6.93. The zero-order chi connectivity index (χ0) is 13.2. The molecule has 0 saturated carbocycles. The lowest BCUT2D eigenvalue weighted by molar-refractivity contribution is 0.239. The van der Waals surface area contributed by atoms with Gasteiger partial charge in [0, 0.05) is 49.1 Å². The molecule has 2 aromatic rings. The Morgan fingerprint density at radius 2 is 2.21 bits per heavy atom. The van der Waals surface area contributed by atoms with Gasteiger partial charge in [0.2, 0.25) is 0 Å². The lowest BCUT2D eigenvalue weighted by atomic mass is 10.1. The first-order chi connectivity index (χ1) is 9.22. The highest BCUT2D eigenvalue weighted by Crippen LogP contribution is 2.19. The lowest BCUT2D eigenvalue weighted by Gasteiger charge is -2.28. The average Bonchev–Trinajstić information content (AvgIpc) is 2.41. The van der Waals surface area contributed by atoms with E-state index in [0.717, 1.165) is 36.3 Å². The van der Waals surface area contributed by atoms with Crippen molar-refractivity contribution in [1.82, 2.24) is 14.9 Å². The number of nitrogens with zero attached hydrogens (tertiary/aromatic N) is 2. The monoisotopic (exact) mass is 275 g/mol. The first-order valence-corrected chi connectivity index (χ1v) is 6.66. The summed E-state index contributed by atoms with van der Waals surface area (Å²) in [6.07, 6.45) is 2.72. The summed E-state index contributed by atoms with van der Waals surface area (Å²) in [7, 11) is 0. The molecule has 0 fully saturated rings. The first-order valence-electron chi connectivity index (χ1n) is 6.25. The van der Waals surface area contributed by atoms with Crippen molar-refractivity contribution in [3.63, 3.8) is 0 Å². The van der Waals surface area contributed by atoms with Gasteiger partial charge in [0.05, 0.1) is 0 Å². The second-order valence-electron chi connectivity index (χ2n) is 4.74. The van der Waals surface area contributed by atoms with Gasteiger partial charge >= 0.3 is 0 Å². The fraction of sp³-hybridized carbons (Fsp3) is 0.286. The molecule has 1 N–H and O–H groups in total. The van der Waals surface area contributed by atoms with E-state index in [1.807, 2.05) is 18.3 Å². The van der Waals surface area contributed by atoms with Gasteiger partial charge in [-0.3, -0.25) is 4.90 Å². The number of nitrogens with one attached hydrogen (secondary N) is 1. The Morgan fingerprint density at radius 1 is 1.37 bits per heavy atom. The van der Waals surface area contributed by atoms with Gasteiger partial charge in [-0.2, -0.15) is 0 Å². The highest BCUT2D eigenvalue weighted by atomic mass is 32.1. The normalized spacial score (nSPS) is 15.2. The predicted octanol–water partition coefficient (Wildman–Crippen LogP) is 2.84. The Labute approximate surface area is 116 Å². The van der Waals surface area contributed by atoms with E-state index in [2.05, 4.69) is 14.9 Å². The van der Waals surface area contributed by atoms with Crippen LogP contribution in [0.3, 0.4) is 0 Å². The Kier molecular flexibility index (Phi) is 3.40. The molecule has 2 heterocycles. The van der Waals surface area contributed by atoms with Crippen LogP contribution in [-0.2, 0) is 19.5 Å². The van der Waals surface area contributed by atoms with Gasteiger partial charge in [-0.05, 0) is 18.3 Å². The largest absolute Gasteiger partial charge is 0.334 e. The molecule has 3 nitrogen and oxygen atoms in total. The van der Waals surface area contributed by atoms with E-state index in [4.69, 9.17) is 12.2 Å². The second-order valence-corrected chi connectivity index (χ2v) is 5.13. The summed E-state index contributed by atoms with van der Waals surface area (Å²) in [5.74, 6) is -0.140. The highest BCUT2D eigenvalue weighted by molar-refractivity contribution is 7.71. The van der Waals surface area contributed by atoms with Crippen LogP contribution in [0.1, 0.15) is 16.8 Å². The lowest BCUT2D eigenvalue weighted by Crippen LogP contribution is -2.31. The molecule has 3 rings (SSSR count). The Bertz CT molecular complexity index is 653. The average molecular weight is 275 g/mol. The summed E-state index contributed by atoms with van der Waals surface area (Å²) in [5, 5.41) is 0. The van der Waals surface area contributed by atoms with Gasteiger partial charge in [0.15, 0.2) is 4.77 Å². The molecule has 5 heteroatoms. The van der Waals surface area contributed by atoms with Crippen LogP contribution in [0.2, 0.25) is 0 Å². The van der Waals surface area contributed by atoms with Gasteiger partial charge in [-0.1, -0.05) is 18.2 Å². The van der Waals surface area contributed by atoms with Gasteiger partial charge in [-0.15, -0.1) is 0 Å². The van der Waals surface area contributed by atoms with Crippen molar-refractivity contribution in [1.29, 1.82) is 0 Å². The van der Waals surface area contributed by atoms with E-state index in [9.17, 15) is 4.39 Å². The van der Waals surface area contributed by atoms with Crippen LogP contribution in [0.4, 0.5) is 4.39 Å². The number of rotatable bonds is 2. The Balaban J connectivity index is 1.78. The number of hydrogen-bond donors (Lipinski definition) is 1. The van der Waals surface area contributed by atoms with Crippen LogP contribution < -0.4 is 0 Å². The number of halogens is 1. The van der Waals surface area contributed by atoms with E-state index in [-0.39, 0.29) is 5.82 Å². The molecule has 0 amide bonds. The number of benzene rings is 1. The SMILES string of the molecule is Fc1ccccc1CN1CCc2[nH]c(=S)ncc2C1. The summed E-state index contributed by atoms with van der Waals surface area (Å²) in [4.78, 5) is 9.46. The maximum absolute atomic E-state index is 13.6. The molecule has 1 aromatic carbocycles. The first kappa shape index (κ1) is 12.4. The van der Waals surface area contributed by atoms with Crippen LogP contribution in [-0.4, -0.2) is 21.4 Å². The molecule has 0 unspecified atom stereocenters. The maximum Gasteiger partial charge on any atom is 0.196 e. The minimum atomic E-state index is -0.140. The molecular formula is C14H14FN3S. The van der Waals surface area contributed by atoms with Crippen LogP contribution >= 0.6 is 12.2 Å². The summed E-state index contributed by atoms with van der Waals surface area (Å²) < 4.78 is 14.2. The smallest absolute Gasteiger partial charge is 0.196 e. The molecule has 1 aromatic heterocycles. The van der Waals surface area contributed by atoms with E-state index in [0.29, 0.717) is 11.3 Å². The maximum atomic E-state index is 13.6. The standard InChI is InChI=1S/C14H14FN3S/c15-12-4-2-1-3-10(12)8-18-6-5-13-11(9-18)7-16-14(19)17-13/h1-4,7H,5-6,8-9H2,(H,16,17,19). The second kappa shape index (κ2) is 5.19. The van der Waals surface area contributed by atoms with Crippen LogP contribution in [0.15, 0.2) is 30.5 Å². The Morgan fingerprint density at radius 3 is 3.05 bits per heavy atom. The molecular weight excluding hydrogens is 261 g/mol. The molecule has 0 aliphatic carbocycles. The molecule has 0 bridgehead atoms. The fourth-order valence-electron chi connectivity index (χ4n) is 2.41. The number of fused-ring (bicyclic) bond motifs is 1. The van der Waals surface area contributed by atoms with Crippen molar-refractivity contribution < 1.29 is 4.39 Å². The molecule has 98 valence electrons. The molecule has 0 radical (unpaired) electrons. The van der Waals surface area contributed by atoms with Gasteiger partial charge in [0.25, 0.3) is 0 Å². The summed E-state index contributed by atoms with van der Waals surface area (Å²) >= 11 is 5.02. The van der Waals surface area contributed by atoms with Crippen LogP contribution in [0.25, 0.3) is 0 Å². The quantitative estimate of drug-likeness (QED) is 0.855. The number of hydrogen-bond acceptors (Lipinski definition) is 3. The number of aromatic amines is 1. The molecule has 0 atom stereocenters. The summed E-state index contributed by atoms with van der Waals surface area (Å²) in [6.45, 7) is 2.31. The topological polar surface area (TPSA) is 31.9 Å². The van der Waals surface area contributed by atoms with E-state index < -0.39 is 0 Å². The summed E-state index contributed by atoms with van der Waals surface area (Å²) in [5.41, 5.74) is 3.05. The van der Waals surface area contributed by atoms with Crippen molar-refractivity contribution in [3.8, 4) is 0 Å². The van der Waals surface area contributed by atoms with Gasteiger partial charge < -0.3 is 4.98 Å². The molecule has 1 aliphatic heterocycles. The number of aromatic nitrogens is 2. The fourth-order valence-corrected chi connectivity index (χ4v) is 2.58. The van der Waals surface area contributed by atoms with Crippen molar-refractivity contribution >= 4 is 12.2 Å². The zero-order valence-corrected chi connectivity index (χ0v) is 11.2. The van der Waals surface area contributed by atoms with E-state index >= 15 is 0 Å². The van der Waals surface area contributed by atoms with E-state index in [1.54, 1.807) is 6.07 Å². The van der Waals surface area contributed by atoms with Crippen molar-refractivity contribution in [2.75, 3.05) is 6.54 Å². The third kappa shape index (κ3) is 2.72. The molecule has 0 spiro atoms. The Hall–Kier alpha value is -1.59. The highest BCUT2D eigenvalue weighted by Gasteiger charge is 2.17. The zero-order valence-electron chi connectivity index (χ0n) is 10.4. The third-order valence-electron chi connectivity index (χ3n) is 3.41. The minimum absolute atomic E-state index is 0.140. The van der Waals surface area contributed by atoms with Crippen LogP contribution in [0, 0.1) is 10.6 Å². The minimum Gasteiger partial charge on any atom is -0.334 e. The predicted molar refractivity (Wildman–Crippen MR) is 73.6 cm³/mol. The van der Waals surface area contributed by atoms with E-state index in [1.165, 1.54) is 6.07 Å². The molecule has 19 heavy (non-hydrogen) atoms. The van der Waals surface area contributed by atoms with Crippen molar-refractivity contribution in [3.05, 3.63) is 57.9 Å². The van der Waals surface area contributed by atoms with Gasteiger partial charge in [0.1, 0.15) is 5.82 Å². The van der Waals surface area contributed by atoms with Crippen LogP contribution in [0.5, 0.6) is 0 Å². The number of H-pyrrole nitrogens is 1. The third-order valence-corrected chi connectivity index (χ3v) is 3.61. The van der Waals surface area contributed by atoms with Gasteiger partial charge in [-0.25, -0.2) is 9.37 Å². The molecule has 0 saturated heterocycles. The molecule has 1 aliphatic rings. The van der Waals surface area contributed by atoms with Crippen molar-refractivity contribution in [2.45, 2.75) is 19.5 Å². The van der Waals surface area contributed by atoms with Crippen molar-refractivity contribution in [2.24, 2.45) is 0 Å².